The number of H-pyrrole nitrogens is 1. The van der Waals surface area contributed by atoms with E-state index in [4.69, 9.17) is 0 Å². The van der Waals surface area contributed by atoms with Crippen LogP contribution in [0.4, 0.5) is 5.69 Å². The highest BCUT2D eigenvalue weighted by molar-refractivity contribution is 7.89. The van der Waals surface area contributed by atoms with Crippen molar-refractivity contribution in [3.05, 3.63) is 65.0 Å². The Morgan fingerprint density at radius 3 is 2.64 bits per heavy atom. The Balaban J connectivity index is 1.76. The molecule has 0 radical (unpaired) electrons. The first-order chi connectivity index (χ1) is 12.0. The predicted octanol–water partition coefficient (Wildman–Crippen LogP) is 1.32. The number of para-hydroxylation sites is 2. The van der Waals surface area contributed by atoms with E-state index in [0.717, 1.165) is 22.2 Å². The molecule has 3 N–H and O–H groups in total. The van der Waals surface area contributed by atoms with Crippen molar-refractivity contribution in [2.75, 3.05) is 6.54 Å². The molecule has 1 aliphatic rings. The summed E-state index contributed by atoms with van der Waals surface area (Å²) in [6, 6.07) is 13.5. The minimum absolute atomic E-state index is 0.161. The number of nitrogens with one attached hydrogen (secondary N) is 2. The fourth-order valence-electron chi connectivity index (χ4n) is 3.35. The van der Waals surface area contributed by atoms with Gasteiger partial charge in [-0.05, 0) is 17.7 Å². The first kappa shape index (κ1) is 16.2. The van der Waals surface area contributed by atoms with Gasteiger partial charge in [-0.15, -0.1) is 0 Å². The standard InChI is InChI=1S/C17H17N3O4S/c21-20(22)16-7-3-4-8-17(16)25(23,24)19-10-9-15-13(11-19)12-5-1-2-6-14(12)18-15/h1-8,18,20-21H,9-11H2. The maximum Gasteiger partial charge on any atom is 0.249 e. The number of aromatic amines is 1. The van der Waals surface area contributed by atoms with Gasteiger partial charge in [0.1, 0.15) is 4.90 Å². The van der Waals surface area contributed by atoms with Crippen LogP contribution >= 0.6 is 0 Å². The molecule has 1 aromatic heterocycles. The number of rotatable bonds is 3. The highest BCUT2D eigenvalue weighted by atomic mass is 32.2. The van der Waals surface area contributed by atoms with Crippen LogP contribution in [0.3, 0.4) is 0 Å². The van der Waals surface area contributed by atoms with Gasteiger partial charge in [0.15, 0.2) is 5.69 Å². The number of benzene rings is 2. The zero-order valence-electron chi connectivity index (χ0n) is 13.3. The Hall–Kier alpha value is -2.23. The van der Waals surface area contributed by atoms with Crippen molar-refractivity contribution in [1.29, 1.82) is 0 Å². The van der Waals surface area contributed by atoms with Crippen molar-refractivity contribution in [3.63, 3.8) is 0 Å². The van der Waals surface area contributed by atoms with Crippen LogP contribution in [0.2, 0.25) is 0 Å². The molecular formula is C17H17N3O4S. The molecule has 1 aliphatic heterocycles. The fraction of sp³-hybridized carbons (Fsp3) is 0.176. The molecule has 25 heavy (non-hydrogen) atoms. The number of hydrogen-bond donors (Lipinski definition) is 3. The van der Waals surface area contributed by atoms with Crippen molar-refractivity contribution < 1.29 is 18.9 Å². The molecule has 4 rings (SSSR count). The van der Waals surface area contributed by atoms with Gasteiger partial charge in [0.2, 0.25) is 10.0 Å². The summed E-state index contributed by atoms with van der Waals surface area (Å²) in [4.78, 5) is 3.18. The molecule has 0 bridgehead atoms. The molecule has 0 spiro atoms. The highest BCUT2D eigenvalue weighted by Crippen LogP contribution is 2.31. The molecule has 3 aromatic rings. The van der Waals surface area contributed by atoms with Gasteiger partial charge in [0, 0.05) is 42.2 Å². The molecular weight excluding hydrogens is 342 g/mol. The molecule has 2 heterocycles. The maximum absolute atomic E-state index is 13.0. The molecule has 1 atom stereocenters. The zero-order valence-corrected chi connectivity index (χ0v) is 14.1. The number of hydrogen-bond acceptors (Lipinski definition) is 4. The third-order valence-corrected chi connectivity index (χ3v) is 6.49. The smallest absolute Gasteiger partial charge is 0.249 e. The lowest BCUT2D eigenvalue weighted by atomic mass is 10.1. The van der Waals surface area contributed by atoms with Crippen LogP contribution in [0.1, 0.15) is 11.3 Å². The lowest BCUT2D eigenvalue weighted by Gasteiger charge is -2.27. The predicted molar refractivity (Wildman–Crippen MR) is 91.8 cm³/mol. The van der Waals surface area contributed by atoms with Gasteiger partial charge >= 0.3 is 0 Å². The van der Waals surface area contributed by atoms with Gasteiger partial charge in [-0.25, -0.2) is 13.6 Å². The van der Waals surface area contributed by atoms with Crippen LogP contribution in [0.25, 0.3) is 10.9 Å². The van der Waals surface area contributed by atoms with Gasteiger partial charge < -0.3 is 10.2 Å². The Morgan fingerprint density at radius 2 is 1.84 bits per heavy atom. The van der Waals surface area contributed by atoms with E-state index < -0.39 is 15.2 Å². The van der Waals surface area contributed by atoms with Crippen molar-refractivity contribution in [1.82, 2.24) is 9.29 Å². The van der Waals surface area contributed by atoms with E-state index in [2.05, 4.69) is 4.98 Å². The number of aromatic nitrogens is 1. The van der Waals surface area contributed by atoms with E-state index in [-0.39, 0.29) is 17.1 Å². The summed E-state index contributed by atoms with van der Waals surface area (Å²) in [5, 5.41) is 20.5. The summed E-state index contributed by atoms with van der Waals surface area (Å²) < 4.78 is 27.4. The fourth-order valence-corrected chi connectivity index (χ4v) is 4.95. The van der Waals surface area contributed by atoms with Crippen molar-refractivity contribution in [2.45, 2.75) is 17.9 Å². The highest BCUT2D eigenvalue weighted by Gasteiger charge is 2.33. The van der Waals surface area contributed by atoms with Crippen molar-refractivity contribution in [2.24, 2.45) is 0 Å². The summed E-state index contributed by atoms with van der Waals surface area (Å²) in [7, 11) is -3.89. The van der Waals surface area contributed by atoms with Gasteiger partial charge in [-0.3, -0.25) is 0 Å². The summed E-state index contributed by atoms with van der Waals surface area (Å²) in [6.07, 6.45) is 0.568. The summed E-state index contributed by atoms with van der Waals surface area (Å²) >= 11 is 0. The molecule has 130 valence electrons. The second kappa shape index (κ2) is 5.94. The molecule has 0 aliphatic carbocycles. The second-order valence-corrected chi connectivity index (χ2v) is 7.92. The quantitative estimate of drug-likeness (QED) is 0.614. The third-order valence-electron chi connectivity index (χ3n) is 4.58. The van der Waals surface area contributed by atoms with Crippen LogP contribution in [-0.4, -0.2) is 29.5 Å². The Labute approximate surface area is 144 Å². The lowest BCUT2D eigenvalue weighted by molar-refractivity contribution is -0.992. The van der Waals surface area contributed by atoms with E-state index in [1.54, 1.807) is 6.07 Å². The van der Waals surface area contributed by atoms with E-state index >= 15 is 0 Å². The number of sulfonamides is 1. The summed E-state index contributed by atoms with van der Waals surface area (Å²) in [5.74, 6) is 0. The molecule has 0 fully saturated rings. The average molecular weight is 359 g/mol. The van der Waals surface area contributed by atoms with E-state index in [1.807, 2.05) is 24.3 Å². The number of quaternary nitrogens is 1. The van der Waals surface area contributed by atoms with E-state index in [0.29, 0.717) is 13.0 Å². The second-order valence-electron chi connectivity index (χ2n) is 6.02. The average Bonchev–Trinajstić information content (AvgIpc) is 2.99. The Kier molecular flexibility index (Phi) is 3.86. The van der Waals surface area contributed by atoms with Crippen LogP contribution < -0.4 is 5.23 Å². The van der Waals surface area contributed by atoms with Crippen LogP contribution in [0.15, 0.2) is 53.4 Å². The lowest BCUT2D eigenvalue weighted by Crippen LogP contribution is -2.99. The van der Waals surface area contributed by atoms with Gasteiger partial charge in [0.05, 0.1) is 0 Å². The van der Waals surface area contributed by atoms with Crippen LogP contribution in [-0.2, 0) is 23.0 Å². The maximum atomic E-state index is 13.0. The molecule has 1 unspecified atom stereocenters. The molecule has 7 nitrogen and oxygen atoms in total. The molecule has 0 saturated carbocycles. The first-order valence-electron chi connectivity index (χ1n) is 7.89. The molecule has 2 aromatic carbocycles. The topological polar surface area (TPSA) is 101 Å². The third kappa shape index (κ3) is 2.64. The minimum atomic E-state index is -3.89. The monoisotopic (exact) mass is 359 g/mol. The Bertz CT molecular complexity index is 1040. The largest absolute Gasteiger partial charge is 0.595 e. The first-order valence-corrected chi connectivity index (χ1v) is 9.33. The number of nitrogens with zero attached hydrogens (tertiary/aromatic N) is 1. The van der Waals surface area contributed by atoms with Gasteiger partial charge in [-0.1, -0.05) is 30.3 Å². The number of fused-ring (bicyclic) bond motifs is 3. The van der Waals surface area contributed by atoms with Gasteiger partial charge in [0.25, 0.3) is 0 Å². The minimum Gasteiger partial charge on any atom is -0.595 e. The van der Waals surface area contributed by atoms with Crippen molar-refractivity contribution >= 4 is 26.6 Å². The van der Waals surface area contributed by atoms with E-state index in [1.165, 1.54) is 22.5 Å². The summed E-state index contributed by atoms with van der Waals surface area (Å²) in [5.41, 5.74) is 2.78. The van der Waals surface area contributed by atoms with Crippen LogP contribution in [0.5, 0.6) is 0 Å². The normalized spacial score (nSPS) is 16.7. The molecule has 0 saturated heterocycles. The van der Waals surface area contributed by atoms with E-state index in [9.17, 15) is 18.8 Å². The zero-order chi connectivity index (χ0) is 17.6. The van der Waals surface area contributed by atoms with Gasteiger partial charge in [-0.2, -0.15) is 9.53 Å². The summed E-state index contributed by atoms with van der Waals surface area (Å²) in [6.45, 7) is 0.547. The molecule has 8 heteroatoms. The Morgan fingerprint density at radius 1 is 1.12 bits per heavy atom. The molecule has 0 amide bonds. The van der Waals surface area contributed by atoms with Crippen molar-refractivity contribution in [3.8, 4) is 0 Å². The van der Waals surface area contributed by atoms with Crippen LogP contribution in [0, 0.1) is 5.21 Å². The SMILES string of the molecule is O=S(=O)(c1ccccc1[NH+]([O-])O)N1CCc2[nH]c3ccccc3c2C1.